The highest BCUT2D eigenvalue weighted by atomic mass is 35.5. The van der Waals surface area contributed by atoms with E-state index in [1.165, 1.54) is 18.2 Å². The van der Waals surface area contributed by atoms with E-state index in [0.29, 0.717) is 15.6 Å². The zero-order valence-electron chi connectivity index (χ0n) is 11.6. The Kier molecular flexibility index (Phi) is 5.36. The molecule has 0 aliphatic heterocycles. The van der Waals surface area contributed by atoms with Gasteiger partial charge in [0.25, 0.3) is 5.91 Å². The third-order valence-corrected chi connectivity index (χ3v) is 3.45. The first-order valence-corrected chi connectivity index (χ1v) is 7.16. The Morgan fingerprint density at radius 2 is 1.87 bits per heavy atom. The number of benzene rings is 2. The molecule has 4 nitrogen and oxygen atoms in total. The molecule has 0 aliphatic rings. The fraction of sp³-hybridized carbons (Fsp3) is 0. The fourth-order valence-electron chi connectivity index (χ4n) is 1.78. The van der Waals surface area contributed by atoms with E-state index in [4.69, 9.17) is 28.9 Å². The summed E-state index contributed by atoms with van der Waals surface area (Å²) in [5.41, 5.74) is 5.56. The maximum atomic E-state index is 13.4. The number of nitrogens with one attached hydrogen (secondary N) is 1. The summed E-state index contributed by atoms with van der Waals surface area (Å²) < 4.78 is 13.4. The molecule has 23 heavy (non-hydrogen) atoms. The zero-order chi connectivity index (χ0) is 17.0. The van der Waals surface area contributed by atoms with E-state index in [0.717, 1.165) is 12.1 Å². The van der Waals surface area contributed by atoms with Gasteiger partial charge < -0.3 is 11.1 Å². The molecule has 3 N–H and O–H groups in total. The fourth-order valence-corrected chi connectivity index (χ4v) is 2.14. The molecule has 0 saturated heterocycles. The molecule has 7 heteroatoms. The summed E-state index contributed by atoms with van der Waals surface area (Å²) in [6.07, 6.45) is 2.73. The molecule has 0 fully saturated rings. The number of anilines is 1. The topological polar surface area (TPSA) is 72.2 Å². The Balaban J connectivity index is 2.13. The Hall–Kier alpha value is -2.37. The third kappa shape index (κ3) is 4.55. The molecule has 0 saturated carbocycles. The molecule has 0 spiro atoms. The van der Waals surface area contributed by atoms with Crippen molar-refractivity contribution in [1.29, 1.82) is 0 Å². The highest BCUT2D eigenvalue weighted by Gasteiger charge is 2.09. The van der Waals surface area contributed by atoms with Crippen molar-refractivity contribution in [3.8, 4) is 0 Å². The van der Waals surface area contributed by atoms with Gasteiger partial charge in [0.15, 0.2) is 0 Å². The van der Waals surface area contributed by atoms with E-state index < -0.39 is 17.6 Å². The minimum Gasteiger partial charge on any atom is -0.366 e. The van der Waals surface area contributed by atoms with Crippen LogP contribution in [0.5, 0.6) is 0 Å². The second-order valence-corrected chi connectivity index (χ2v) is 5.39. The van der Waals surface area contributed by atoms with Gasteiger partial charge in [-0.3, -0.25) is 9.59 Å². The maximum Gasteiger partial charge on any atom is 0.251 e. The Morgan fingerprint density at radius 1 is 1.13 bits per heavy atom. The van der Waals surface area contributed by atoms with E-state index in [9.17, 15) is 14.0 Å². The van der Waals surface area contributed by atoms with Gasteiger partial charge in [-0.1, -0.05) is 23.2 Å². The monoisotopic (exact) mass is 352 g/mol. The lowest BCUT2D eigenvalue weighted by molar-refractivity contribution is -0.111. The summed E-state index contributed by atoms with van der Waals surface area (Å²) in [7, 11) is 0. The van der Waals surface area contributed by atoms with Gasteiger partial charge in [0.05, 0.1) is 5.56 Å². The number of carbonyl (C=O) groups is 2. The summed E-state index contributed by atoms with van der Waals surface area (Å²) in [4.78, 5) is 22.9. The van der Waals surface area contributed by atoms with Crippen LogP contribution < -0.4 is 11.1 Å². The summed E-state index contributed by atoms with van der Waals surface area (Å²) in [5, 5.41) is 3.42. The molecular weight excluding hydrogens is 342 g/mol. The predicted octanol–water partition coefficient (Wildman–Crippen LogP) is 3.88. The SMILES string of the molecule is NC(=O)c1cc(NC(=O)/C=C/c2cc(Cl)ccc2Cl)ccc1F. The van der Waals surface area contributed by atoms with Crippen LogP contribution in [0.2, 0.25) is 10.0 Å². The average molecular weight is 353 g/mol. The molecule has 2 rings (SSSR count). The number of carbonyl (C=O) groups excluding carboxylic acids is 2. The summed E-state index contributed by atoms with van der Waals surface area (Å²) in [5.74, 6) is -2.15. The van der Waals surface area contributed by atoms with Crippen molar-refractivity contribution in [3.05, 3.63) is 69.5 Å². The molecule has 2 aromatic rings. The van der Waals surface area contributed by atoms with Crippen LogP contribution in [0.1, 0.15) is 15.9 Å². The van der Waals surface area contributed by atoms with Gasteiger partial charge in [0, 0.05) is 21.8 Å². The van der Waals surface area contributed by atoms with Crippen LogP contribution in [0.15, 0.2) is 42.5 Å². The number of halogens is 3. The van der Waals surface area contributed by atoms with Gasteiger partial charge in [-0.25, -0.2) is 4.39 Å². The third-order valence-electron chi connectivity index (χ3n) is 2.87. The van der Waals surface area contributed by atoms with Crippen LogP contribution in [0.25, 0.3) is 6.08 Å². The minimum absolute atomic E-state index is 0.243. The lowest BCUT2D eigenvalue weighted by Gasteiger charge is -2.05. The highest BCUT2D eigenvalue weighted by Crippen LogP contribution is 2.22. The lowest BCUT2D eigenvalue weighted by atomic mass is 10.1. The van der Waals surface area contributed by atoms with Crippen LogP contribution >= 0.6 is 23.2 Å². The number of hydrogen-bond donors (Lipinski definition) is 2. The van der Waals surface area contributed by atoms with Crippen LogP contribution in [0, 0.1) is 5.82 Å². The van der Waals surface area contributed by atoms with Gasteiger partial charge in [-0.05, 0) is 48.0 Å². The quantitative estimate of drug-likeness (QED) is 0.819. The minimum atomic E-state index is -0.917. The predicted molar refractivity (Wildman–Crippen MR) is 89.0 cm³/mol. The summed E-state index contributed by atoms with van der Waals surface area (Å²) >= 11 is 11.8. The van der Waals surface area contributed by atoms with E-state index in [-0.39, 0.29) is 11.3 Å². The lowest BCUT2D eigenvalue weighted by Crippen LogP contribution is -2.14. The first-order valence-electron chi connectivity index (χ1n) is 6.40. The molecular formula is C16H11Cl2FN2O2. The molecule has 0 unspecified atom stereocenters. The first-order chi connectivity index (χ1) is 10.9. The largest absolute Gasteiger partial charge is 0.366 e. The van der Waals surface area contributed by atoms with E-state index in [1.807, 2.05) is 0 Å². The number of rotatable bonds is 4. The number of primary amides is 1. The second kappa shape index (κ2) is 7.26. The van der Waals surface area contributed by atoms with E-state index in [2.05, 4.69) is 5.32 Å². The molecule has 0 atom stereocenters. The first kappa shape index (κ1) is 17.0. The second-order valence-electron chi connectivity index (χ2n) is 4.55. The molecule has 0 radical (unpaired) electrons. The van der Waals surface area contributed by atoms with Crippen LogP contribution in [0.4, 0.5) is 10.1 Å². The van der Waals surface area contributed by atoms with Crippen molar-refractivity contribution in [2.45, 2.75) is 0 Å². The number of nitrogens with two attached hydrogens (primary N) is 1. The summed E-state index contributed by atoms with van der Waals surface area (Å²) in [6, 6.07) is 8.38. The van der Waals surface area contributed by atoms with E-state index >= 15 is 0 Å². The van der Waals surface area contributed by atoms with Crippen LogP contribution in [0.3, 0.4) is 0 Å². The van der Waals surface area contributed by atoms with Gasteiger partial charge in [-0.15, -0.1) is 0 Å². The van der Waals surface area contributed by atoms with Gasteiger partial charge >= 0.3 is 0 Å². The molecule has 0 heterocycles. The number of hydrogen-bond acceptors (Lipinski definition) is 2. The average Bonchev–Trinajstić information content (AvgIpc) is 2.50. The highest BCUT2D eigenvalue weighted by molar-refractivity contribution is 6.34. The van der Waals surface area contributed by atoms with Crippen molar-refractivity contribution >= 4 is 46.8 Å². The van der Waals surface area contributed by atoms with Crippen molar-refractivity contribution in [2.24, 2.45) is 5.73 Å². The number of amides is 2. The van der Waals surface area contributed by atoms with Crippen molar-refractivity contribution < 1.29 is 14.0 Å². The smallest absolute Gasteiger partial charge is 0.251 e. The van der Waals surface area contributed by atoms with Crippen molar-refractivity contribution in [3.63, 3.8) is 0 Å². The van der Waals surface area contributed by atoms with Crippen molar-refractivity contribution in [1.82, 2.24) is 0 Å². The summed E-state index contributed by atoms with van der Waals surface area (Å²) in [6.45, 7) is 0. The molecule has 118 valence electrons. The Labute approximate surface area is 141 Å². The Morgan fingerprint density at radius 3 is 2.57 bits per heavy atom. The van der Waals surface area contributed by atoms with Gasteiger partial charge in [0.1, 0.15) is 5.82 Å². The van der Waals surface area contributed by atoms with Crippen LogP contribution in [-0.4, -0.2) is 11.8 Å². The Bertz CT molecular complexity index is 807. The zero-order valence-corrected chi connectivity index (χ0v) is 13.2. The van der Waals surface area contributed by atoms with Crippen molar-refractivity contribution in [2.75, 3.05) is 5.32 Å². The van der Waals surface area contributed by atoms with Crippen LogP contribution in [-0.2, 0) is 4.79 Å². The standard InChI is InChI=1S/C16H11Cl2FN2O2/c17-10-2-4-13(18)9(7-10)1-6-15(22)21-11-3-5-14(19)12(8-11)16(20)23/h1-8H,(H2,20,23)(H,21,22)/b6-1+. The van der Waals surface area contributed by atoms with Gasteiger partial charge in [-0.2, -0.15) is 0 Å². The molecule has 0 aromatic heterocycles. The maximum absolute atomic E-state index is 13.4. The molecule has 0 bridgehead atoms. The molecule has 2 aromatic carbocycles. The molecule has 2 amide bonds. The van der Waals surface area contributed by atoms with Gasteiger partial charge in [0.2, 0.25) is 5.91 Å². The normalized spacial score (nSPS) is 10.7. The molecule has 0 aliphatic carbocycles. The van der Waals surface area contributed by atoms with E-state index in [1.54, 1.807) is 18.2 Å².